The fourth-order valence-electron chi connectivity index (χ4n) is 2.27. The lowest BCUT2D eigenvalue weighted by atomic mass is 9.85. The highest BCUT2D eigenvalue weighted by atomic mass is 16.3. The minimum absolute atomic E-state index is 0.294. The van der Waals surface area contributed by atoms with E-state index in [1.807, 2.05) is 0 Å². The van der Waals surface area contributed by atoms with Crippen LogP contribution in [-0.4, -0.2) is 11.2 Å². The summed E-state index contributed by atoms with van der Waals surface area (Å²) in [5, 5.41) is 9.65. The van der Waals surface area contributed by atoms with E-state index < -0.39 is 6.10 Å². The predicted molar refractivity (Wildman–Crippen MR) is 68.7 cm³/mol. The van der Waals surface area contributed by atoms with Crippen molar-refractivity contribution in [1.82, 2.24) is 0 Å². The minimum Gasteiger partial charge on any atom is -0.391 e. The molecule has 2 nitrogen and oxygen atoms in total. The van der Waals surface area contributed by atoms with Crippen LogP contribution in [-0.2, 0) is 0 Å². The molecule has 0 amide bonds. The molecule has 90 valence electrons. The summed E-state index contributed by atoms with van der Waals surface area (Å²) in [5.74, 6) is 0. The average molecular weight is 221 g/mol. The first-order chi connectivity index (χ1) is 7.29. The molecule has 0 radical (unpaired) electrons. The quantitative estimate of drug-likeness (QED) is 0.806. The zero-order chi connectivity index (χ0) is 12.6. The number of hydrogen-bond acceptors (Lipinski definition) is 2. The lowest BCUT2D eigenvalue weighted by molar-refractivity contribution is 0.163. The molecule has 0 fully saturated rings. The van der Waals surface area contributed by atoms with Crippen LogP contribution in [0.25, 0.3) is 0 Å². The van der Waals surface area contributed by atoms with Crippen molar-refractivity contribution in [2.75, 3.05) is 0 Å². The van der Waals surface area contributed by atoms with Crippen LogP contribution in [0.3, 0.4) is 0 Å². The Bertz CT molecular complexity index is 379. The number of benzene rings is 1. The highest BCUT2D eigenvalue weighted by Crippen LogP contribution is 2.30. The molecule has 1 aromatic rings. The molecule has 0 spiro atoms. The van der Waals surface area contributed by atoms with Gasteiger partial charge >= 0.3 is 0 Å². The molecule has 1 rings (SSSR count). The highest BCUT2D eigenvalue weighted by Gasteiger charge is 2.20. The molecular formula is C14H23NO. The molecule has 3 N–H and O–H groups in total. The maximum Gasteiger partial charge on any atom is 0.0704 e. The van der Waals surface area contributed by atoms with Crippen molar-refractivity contribution in [2.45, 2.75) is 53.7 Å². The maximum absolute atomic E-state index is 9.65. The Hall–Kier alpha value is -0.860. The van der Waals surface area contributed by atoms with E-state index in [-0.39, 0.29) is 6.04 Å². The van der Waals surface area contributed by atoms with Crippen molar-refractivity contribution >= 4 is 0 Å². The normalized spacial score (nSPS) is 15.0. The summed E-state index contributed by atoms with van der Waals surface area (Å²) in [6, 6.07) is -0.294. The van der Waals surface area contributed by atoms with Gasteiger partial charge in [0, 0.05) is 0 Å². The van der Waals surface area contributed by atoms with E-state index in [0.717, 1.165) is 5.56 Å². The first-order valence-electron chi connectivity index (χ1n) is 5.79. The van der Waals surface area contributed by atoms with Crippen LogP contribution in [0.4, 0.5) is 0 Å². The molecule has 0 aromatic heterocycles. The molecule has 0 unspecified atom stereocenters. The Morgan fingerprint density at radius 1 is 0.812 bits per heavy atom. The Balaban J connectivity index is 3.51. The topological polar surface area (TPSA) is 46.2 Å². The first kappa shape index (κ1) is 13.2. The molecule has 0 saturated carbocycles. The van der Waals surface area contributed by atoms with Gasteiger partial charge in [0.2, 0.25) is 0 Å². The number of nitrogens with two attached hydrogens (primary N) is 1. The average Bonchev–Trinajstić information content (AvgIpc) is 2.23. The molecule has 0 aliphatic rings. The Labute approximate surface area is 98.5 Å². The van der Waals surface area contributed by atoms with E-state index in [1.165, 1.54) is 27.8 Å². The van der Waals surface area contributed by atoms with Crippen molar-refractivity contribution in [1.29, 1.82) is 0 Å². The molecule has 0 heterocycles. The van der Waals surface area contributed by atoms with Gasteiger partial charge < -0.3 is 10.8 Å². The SMILES string of the molecule is Cc1c(C)c(C)c([C@@H](N)[C@H](C)O)c(C)c1C. The zero-order valence-corrected chi connectivity index (χ0v) is 11.2. The Morgan fingerprint density at radius 2 is 1.12 bits per heavy atom. The monoisotopic (exact) mass is 221 g/mol. The maximum atomic E-state index is 9.65. The van der Waals surface area contributed by atoms with Gasteiger partial charge in [-0.1, -0.05) is 0 Å². The molecule has 2 atom stereocenters. The van der Waals surface area contributed by atoms with Gasteiger partial charge in [-0.15, -0.1) is 0 Å². The number of hydrogen-bond donors (Lipinski definition) is 2. The lowest BCUT2D eigenvalue weighted by Gasteiger charge is -2.24. The van der Waals surface area contributed by atoms with Gasteiger partial charge in [-0.3, -0.25) is 0 Å². The van der Waals surface area contributed by atoms with Gasteiger partial charge in [0.1, 0.15) is 0 Å². The van der Waals surface area contributed by atoms with Crippen LogP contribution >= 0.6 is 0 Å². The largest absolute Gasteiger partial charge is 0.391 e. The molecule has 16 heavy (non-hydrogen) atoms. The van der Waals surface area contributed by atoms with E-state index in [2.05, 4.69) is 34.6 Å². The fourth-order valence-corrected chi connectivity index (χ4v) is 2.27. The second-order valence-electron chi connectivity index (χ2n) is 4.81. The Morgan fingerprint density at radius 3 is 1.44 bits per heavy atom. The van der Waals surface area contributed by atoms with Gasteiger partial charge in [0.15, 0.2) is 0 Å². The molecule has 0 aliphatic heterocycles. The standard InChI is InChI=1S/C14H23NO/c1-7-8(2)10(4)13(11(5)9(7)3)14(15)12(6)16/h12,14,16H,15H2,1-6H3/t12-,14-/m0/s1. The van der Waals surface area contributed by atoms with Crippen molar-refractivity contribution in [3.8, 4) is 0 Å². The van der Waals surface area contributed by atoms with Crippen molar-refractivity contribution in [2.24, 2.45) is 5.73 Å². The third kappa shape index (κ3) is 2.00. The summed E-state index contributed by atoms with van der Waals surface area (Å²) in [7, 11) is 0. The van der Waals surface area contributed by atoms with Gasteiger partial charge in [-0.05, 0) is 74.9 Å². The van der Waals surface area contributed by atoms with Crippen molar-refractivity contribution in [3.63, 3.8) is 0 Å². The second kappa shape index (κ2) is 4.56. The summed E-state index contributed by atoms with van der Waals surface area (Å²) in [6.45, 7) is 12.3. The summed E-state index contributed by atoms with van der Waals surface area (Å²) in [4.78, 5) is 0. The molecule has 0 bridgehead atoms. The summed E-state index contributed by atoms with van der Waals surface area (Å²) in [6.07, 6.45) is -0.515. The van der Waals surface area contributed by atoms with E-state index in [1.54, 1.807) is 6.92 Å². The van der Waals surface area contributed by atoms with E-state index >= 15 is 0 Å². The van der Waals surface area contributed by atoms with Gasteiger partial charge in [-0.2, -0.15) is 0 Å². The summed E-state index contributed by atoms with van der Waals surface area (Å²) in [5.41, 5.74) is 13.5. The van der Waals surface area contributed by atoms with Crippen LogP contribution in [0.1, 0.15) is 46.3 Å². The van der Waals surface area contributed by atoms with Crippen LogP contribution in [0, 0.1) is 34.6 Å². The number of aliphatic hydroxyl groups excluding tert-OH is 1. The third-order valence-corrected chi connectivity index (χ3v) is 3.91. The van der Waals surface area contributed by atoms with Gasteiger partial charge in [0.25, 0.3) is 0 Å². The molecule has 1 aromatic carbocycles. The third-order valence-electron chi connectivity index (χ3n) is 3.91. The van der Waals surface area contributed by atoms with Gasteiger partial charge in [0.05, 0.1) is 12.1 Å². The predicted octanol–water partition coefficient (Wildman–Crippen LogP) is 2.61. The van der Waals surface area contributed by atoms with Crippen molar-refractivity contribution < 1.29 is 5.11 Å². The van der Waals surface area contributed by atoms with E-state index in [0.29, 0.717) is 0 Å². The molecule has 2 heteroatoms. The van der Waals surface area contributed by atoms with Gasteiger partial charge in [-0.25, -0.2) is 0 Å². The molecule has 0 aliphatic carbocycles. The van der Waals surface area contributed by atoms with E-state index in [4.69, 9.17) is 5.73 Å². The lowest BCUT2D eigenvalue weighted by Crippen LogP contribution is -2.26. The van der Waals surface area contributed by atoms with Crippen LogP contribution in [0.15, 0.2) is 0 Å². The fraction of sp³-hybridized carbons (Fsp3) is 0.571. The minimum atomic E-state index is -0.515. The number of aliphatic hydroxyl groups is 1. The van der Waals surface area contributed by atoms with Crippen LogP contribution < -0.4 is 5.73 Å². The van der Waals surface area contributed by atoms with Crippen LogP contribution in [0.5, 0.6) is 0 Å². The van der Waals surface area contributed by atoms with Crippen LogP contribution in [0.2, 0.25) is 0 Å². The first-order valence-corrected chi connectivity index (χ1v) is 5.79. The van der Waals surface area contributed by atoms with E-state index in [9.17, 15) is 5.11 Å². The second-order valence-corrected chi connectivity index (χ2v) is 4.81. The number of rotatable bonds is 2. The smallest absolute Gasteiger partial charge is 0.0704 e. The zero-order valence-electron chi connectivity index (χ0n) is 11.2. The molecular weight excluding hydrogens is 198 g/mol. The molecule has 0 saturated heterocycles. The Kier molecular flexibility index (Phi) is 3.76. The highest BCUT2D eigenvalue weighted by molar-refractivity contribution is 5.50. The summed E-state index contributed by atoms with van der Waals surface area (Å²) >= 11 is 0. The van der Waals surface area contributed by atoms with Crippen molar-refractivity contribution in [3.05, 3.63) is 33.4 Å². The summed E-state index contributed by atoms with van der Waals surface area (Å²) < 4.78 is 0.